The molecule has 1 aromatic carbocycles. The van der Waals surface area contributed by atoms with E-state index in [1.165, 1.54) is 0 Å². The Morgan fingerprint density at radius 3 is 2.36 bits per heavy atom. The van der Waals surface area contributed by atoms with E-state index >= 15 is 0 Å². The minimum atomic E-state index is -0.400. The fourth-order valence-electron chi connectivity index (χ4n) is 3.16. The average Bonchev–Trinajstić information content (AvgIpc) is 3.02. The largest absolute Gasteiger partial charge is 0.349 e. The summed E-state index contributed by atoms with van der Waals surface area (Å²) in [5.41, 5.74) is 6.07. The average molecular weight is 325 g/mol. The Labute approximate surface area is 138 Å². The first-order valence-corrected chi connectivity index (χ1v) is 7.74. The van der Waals surface area contributed by atoms with Gasteiger partial charge in [-0.25, -0.2) is 0 Å². The van der Waals surface area contributed by atoms with Crippen molar-refractivity contribution in [3.63, 3.8) is 0 Å². The van der Waals surface area contributed by atoms with Crippen molar-refractivity contribution >= 4 is 24.1 Å². The number of carbonyl (C=O) groups is 2. The van der Waals surface area contributed by atoms with Crippen molar-refractivity contribution in [2.24, 2.45) is 5.73 Å². The zero-order valence-electron chi connectivity index (χ0n) is 12.8. The van der Waals surface area contributed by atoms with Crippen molar-refractivity contribution in [3.05, 3.63) is 35.9 Å². The van der Waals surface area contributed by atoms with Gasteiger partial charge in [-0.1, -0.05) is 43.2 Å². The number of rotatable bonds is 7. The van der Waals surface area contributed by atoms with Gasteiger partial charge in [-0.3, -0.25) is 9.59 Å². The standard InChI is InChI=1S/C17H24N2O2.ClH/c18-12-6-9-16(21)19-13-15(20)17(10-4-5-11-17)14-7-2-1-3-8-14;/h1-3,7-8H,4-6,9-13,18H2,(H,19,21);1H. The van der Waals surface area contributed by atoms with Gasteiger partial charge in [0.2, 0.25) is 5.91 Å². The van der Waals surface area contributed by atoms with Crippen molar-refractivity contribution in [2.45, 2.75) is 43.9 Å². The molecule has 0 spiro atoms. The second-order valence-corrected chi connectivity index (χ2v) is 5.75. The summed E-state index contributed by atoms with van der Waals surface area (Å²) in [5.74, 6) is 0.0438. The third-order valence-corrected chi connectivity index (χ3v) is 4.37. The van der Waals surface area contributed by atoms with Crippen molar-refractivity contribution in [1.29, 1.82) is 0 Å². The lowest BCUT2D eigenvalue weighted by molar-refractivity contribution is -0.128. The molecule has 1 saturated carbocycles. The first-order valence-electron chi connectivity index (χ1n) is 7.74. The molecule has 0 radical (unpaired) electrons. The van der Waals surface area contributed by atoms with Gasteiger partial charge < -0.3 is 11.1 Å². The summed E-state index contributed by atoms with van der Waals surface area (Å²) < 4.78 is 0. The topological polar surface area (TPSA) is 72.2 Å². The number of nitrogens with one attached hydrogen (secondary N) is 1. The van der Waals surface area contributed by atoms with E-state index in [4.69, 9.17) is 5.73 Å². The van der Waals surface area contributed by atoms with Crippen LogP contribution >= 0.6 is 12.4 Å². The molecular weight excluding hydrogens is 300 g/mol. The van der Waals surface area contributed by atoms with Crippen LogP contribution in [0.1, 0.15) is 44.1 Å². The second kappa shape index (κ2) is 8.91. The summed E-state index contributed by atoms with van der Waals surface area (Å²) in [4.78, 5) is 24.3. The van der Waals surface area contributed by atoms with E-state index in [0.717, 1.165) is 31.2 Å². The summed E-state index contributed by atoms with van der Waals surface area (Å²) in [6.45, 7) is 0.619. The molecule has 0 bridgehead atoms. The molecule has 5 heteroatoms. The zero-order valence-corrected chi connectivity index (χ0v) is 13.7. The van der Waals surface area contributed by atoms with Gasteiger partial charge in [-0.15, -0.1) is 12.4 Å². The molecule has 22 heavy (non-hydrogen) atoms. The third kappa shape index (κ3) is 4.31. The Hall–Kier alpha value is -1.39. The molecule has 1 amide bonds. The lowest BCUT2D eigenvalue weighted by Crippen LogP contribution is -2.41. The fraction of sp³-hybridized carbons (Fsp3) is 0.529. The molecular formula is C17H25ClN2O2. The molecule has 122 valence electrons. The van der Waals surface area contributed by atoms with E-state index in [9.17, 15) is 9.59 Å². The number of Topliss-reactive ketones (excluding diaryl/α,β-unsaturated/α-hetero) is 1. The molecule has 1 fully saturated rings. The van der Waals surface area contributed by atoms with Crippen LogP contribution in [0.4, 0.5) is 0 Å². The van der Waals surface area contributed by atoms with Crippen molar-refractivity contribution in [1.82, 2.24) is 5.32 Å². The SMILES string of the molecule is Cl.NCCCC(=O)NCC(=O)C1(c2ccccc2)CCCC1. The number of amides is 1. The Balaban J connectivity index is 0.00000242. The maximum atomic E-state index is 12.7. The highest BCUT2D eigenvalue weighted by Crippen LogP contribution is 2.41. The van der Waals surface area contributed by atoms with E-state index in [2.05, 4.69) is 5.32 Å². The van der Waals surface area contributed by atoms with Gasteiger partial charge in [0, 0.05) is 6.42 Å². The van der Waals surface area contributed by atoms with Gasteiger partial charge >= 0.3 is 0 Å². The van der Waals surface area contributed by atoms with Crippen molar-refractivity contribution in [3.8, 4) is 0 Å². The van der Waals surface area contributed by atoms with Crippen LogP contribution in [-0.2, 0) is 15.0 Å². The molecule has 0 unspecified atom stereocenters. The minimum absolute atomic E-state index is 0. The van der Waals surface area contributed by atoms with E-state index in [-0.39, 0.29) is 30.6 Å². The van der Waals surface area contributed by atoms with Crippen LogP contribution in [-0.4, -0.2) is 24.8 Å². The second-order valence-electron chi connectivity index (χ2n) is 5.75. The predicted octanol–water partition coefficient (Wildman–Crippen LogP) is 2.34. The first-order chi connectivity index (χ1) is 10.2. The first kappa shape index (κ1) is 18.7. The Bertz CT molecular complexity index is 485. The smallest absolute Gasteiger partial charge is 0.220 e. The van der Waals surface area contributed by atoms with Gasteiger partial charge in [0.25, 0.3) is 0 Å². The van der Waals surface area contributed by atoms with Crippen LogP contribution in [0.2, 0.25) is 0 Å². The van der Waals surface area contributed by atoms with Crippen LogP contribution in [0.15, 0.2) is 30.3 Å². The summed E-state index contributed by atoms with van der Waals surface area (Å²) in [5, 5.41) is 2.74. The fourth-order valence-corrected chi connectivity index (χ4v) is 3.16. The molecule has 0 heterocycles. The summed E-state index contributed by atoms with van der Waals surface area (Å²) in [7, 11) is 0. The number of ketones is 1. The quantitative estimate of drug-likeness (QED) is 0.808. The molecule has 1 aliphatic rings. The van der Waals surface area contributed by atoms with Crippen molar-refractivity contribution < 1.29 is 9.59 Å². The molecule has 0 saturated heterocycles. The Morgan fingerprint density at radius 2 is 1.77 bits per heavy atom. The monoisotopic (exact) mass is 324 g/mol. The van der Waals surface area contributed by atoms with Crippen molar-refractivity contribution in [2.75, 3.05) is 13.1 Å². The maximum absolute atomic E-state index is 12.7. The number of carbonyl (C=O) groups excluding carboxylic acids is 2. The number of benzene rings is 1. The molecule has 0 atom stereocenters. The van der Waals surface area contributed by atoms with E-state index < -0.39 is 5.41 Å². The van der Waals surface area contributed by atoms with E-state index in [1.807, 2.05) is 30.3 Å². The van der Waals surface area contributed by atoms with Gasteiger partial charge in [-0.2, -0.15) is 0 Å². The number of halogens is 1. The van der Waals surface area contributed by atoms with Crippen LogP contribution in [0.25, 0.3) is 0 Å². The van der Waals surface area contributed by atoms with Crippen LogP contribution in [0.3, 0.4) is 0 Å². The molecule has 0 aromatic heterocycles. The number of hydrogen-bond acceptors (Lipinski definition) is 3. The summed E-state index contributed by atoms with van der Waals surface area (Å²) in [6, 6.07) is 9.97. The molecule has 0 aliphatic heterocycles. The summed E-state index contributed by atoms with van der Waals surface area (Å²) >= 11 is 0. The molecule has 1 aliphatic carbocycles. The zero-order chi connectivity index (χ0) is 15.1. The molecule has 4 nitrogen and oxygen atoms in total. The minimum Gasteiger partial charge on any atom is -0.349 e. The van der Waals surface area contributed by atoms with Gasteiger partial charge in [0.1, 0.15) is 0 Å². The van der Waals surface area contributed by atoms with Crippen LogP contribution < -0.4 is 11.1 Å². The highest BCUT2D eigenvalue weighted by molar-refractivity contribution is 5.94. The van der Waals surface area contributed by atoms with Gasteiger partial charge in [-0.05, 0) is 31.4 Å². The molecule has 2 rings (SSSR count). The Kier molecular flexibility index (Phi) is 7.56. The normalized spacial score (nSPS) is 15.9. The molecule has 1 aromatic rings. The van der Waals surface area contributed by atoms with Gasteiger partial charge in [0.05, 0.1) is 12.0 Å². The highest BCUT2D eigenvalue weighted by Gasteiger charge is 2.41. The number of nitrogens with two attached hydrogens (primary N) is 1. The Morgan fingerprint density at radius 1 is 1.14 bits per heavy atom. The summed E-state index contributed by atoms with van der Waals surface area (Å²) in [6.07, 6.45) is 4.96. The van der Waals surface area contributed by atoms with Crippen LogP contribution in [0.5, 0.6) is 0 Å². The van der Waals surface area contributed by atoms with E-state index in [0.29, 0.717) is 19.4 Å². The maximum Gasteiger partial charge on any atom is 0.220 e. The highest BCUT2D eigenvalue weighted by atomic mass is 35.5. The van der Waals surface area contributed by atoms with Crippen LogP contribution in [0, 0.1) is 0 Å². The van der Waals surface area contributed by atoms with Gasteiger partial charge in [0.15, 0.2) is 5.78 Å². The number of hydrogen-bond donors (Lipinski definition) is 2. The third-order valence-electron chi connectivity index (χ3n) is 4.37. The lowest BCUT2D eigenvalue weighted by atomic mass is 9.75. The lowest BCUT2D eigenvalue weighted by Gasteiger charge is -2.28. The molecule has 3 N–H and O–H groups in total. The van der Waals surface area contributed by atoms with E-state index in [1.54, 1.807) is 0 Å². The predicted molar refractivity (Wildman–Crippen MR) is 90.1 cm³/mol.